The molecule has 2 nitrogen and oxygen atoms in total. The van der Waals surface area contributed by atoms with E-state index in [0.29, 0.717) is 0 Å². The monoisotopic (exact) mass is 654 g/mol. The van der Waals surface area contributed by atoms with E-state index in [1.54, 1.807) is 0 Å². The lowest BCUT2D eigenvalue weighted by molar-refractivity contribution is -0.490. The van der Waals surface area contributed by atoms with Gasteiger partial charge < -0.3 is 4.74 Å². The Morgan fingerprint density at radius 1 is 0.425 bits per heavy atom. The Morgan fingerprint density at radius 3 is 0.875 bits per heavy atom. The van der Waals surface area contributed by atoms with Gasteiger partial charge in [0.15, 0.2) is 0 Å². The highest BCUT2D eigenvalue weighted by Crippen LogP contribution is 2.67. The third kappa shape index (κ3) is 4.57. The molecule has 0 aromatic heterocycles. The fraction of sp³-hybridized carbons (Fsp3) is 0.800. The van der Waals surface area contributed by atoms with Crippen molar-refractivity contribution in [3.05, 3.63) is 12.2 Å². The van der Waals surface area contributed by atoms with Crippen molar-refractivity contribution in [2.24, 2.45) is 0 Å². The smallest absolute Gasteiger partial charge is 0.413 e. The average Bonchev–Trinajstić information content (AvgIpc) is 2.70. The van der Waals surface area contributed by atoms with Crippen LogP contribution in [-0.2, 0) is 9.53 Å². The van der Waals surface area contributed by atoms with E-state index in [1.165, 1.54) is 0 Å². The summed E-state index contributed by atoms with van der Waals surface area (Å²) in [7, 11) is 0. The predicted molar refractivity (Wildman–Crippen MR) is 76.4 cm³/mol. The van der Waals surface area contributed by atoms with Crippen molar-refractivity contribution in [3.63, 3.8) is 0 Å². The zero-order valence-electron chi connectivity index (χ0n) is 17.7. The number of alkyl halides is 23. The maximum atomic E-state index is 14.6. The van der Waals surface area contributed by atoms with E-state index >= 15 is 0 Å². The maximum absolute atomic E-state index is 14.6. The average molecular weight is 654 g/mol. The summed E-state index contributed by atoms with van der Waals surface area (Å²) in [4.78, 5) is 11.1. The van der Waals surface area contributed by atoms with Crippen molar-refractivity contribution < 1.29 is 111 Å². The van der Waals surface area contributed by atoms with E-state index in [-0.39, 0.29) is 6.92 Å². The van der Waals surface area contributed by atoms with Gasteiger partial charge in [-0.1, -0.05) is 6.58 Å². The van der Waals surface area contributed by atoms with Crippen LogP contribution in [-0.4, -0.2) is 71.6 Å². The summed E-state index contributed by atoms with van der Waals surface area (Å²) >= 11 is 0. The minimum atomic E-state index is -9.43. The first-order valence-corrected chi connectivity index (χ1v) is 8.56. The van der Waals surface area contributed by atoms with Crippen molar-refractivity contribution in [1.82, 2.24) is 0 Å². The van der Waals surface area contributed by atoms with E-state index in [0.717, 1.165) is 0 Å². The Labute approximate surface area is 202 Å². The van der Waals surface area contributed by atoms with Gasteiger partial charge in [-0.3, -0.25) is 0 Å². The zero-order chi connectivity index (χ0) is 33.4. The summed E-state index contributed by atoms with van der Waals surface area (Å²) in [6.45, 7) is 2.11. The second kappa shape index (κ2) is 9.31. The molecule has 0 aliphatic carbocycles. The largest absolute Gasteiger partial charge is 0.460 e. The lowest BCUT2D eigenvalue weighted by Gasteiger charge is -2.46. The first-order valence-electron chi connectivity index (χ1n) is 8.56. The summed E-state index contributed by atoms with van der Waals surface area (Å²) in [5.41, 5.74) is -1.92. The second-order valence-corrected chi connectivity index (χ2v) is 7.36. The highest BCUT2D eigenvalue weighted by molar-refractivity contribution is 5.87. The van der Waals surface area contributed by atoms with E-state index in [1.807, 2.05) is 0 Å². The van der Waals surface area contributed by atoms with Crippen LogP contribution >= 0.6 is 0 Å². The molecule has 0 saturated heterocycles. The number of esters is 1. The first-order chi connectivity index (χ1) is 16.8. The highest BCUT2D eigenvalue weighted by atomic mass is 19.4. The minimum Gasteiger partial charge on any atom is -0.413 e. The van der Waals surface area contributed by atoms with E-state index in [4.69, 9.17) is 0 Å². The Bertz CT molecular complexity index is 985. The molecule has 0 bridgehead atoms. The van der Waals surface area contributed by atoms with Crippen molar-refractivity contribution in [2.75, 3.05) is 0 Å². The summed E-state index contributed by atoms with van der Waals surface area (Å²) in [6.07, 6.45) is -16.2. The van der Waals surface area contributed by atoms with Gasteiger partial charge in [0.05, 0.1) is 0 Å². The number of ether oxygens (including phenoxy) is 1. The summed E-state index contributed by atoms with van der Waals surface area (Å²) in [6, 6.07) is 0. The summed E-state index contributed by atoms with van der Waals surface area (Å²) in [5, 5.41) is 0. The van der Waals surface area contributed by atoms with Crippen molar-refractivity contribution in [3.8, 4) is 0 Å². The van der Waals surface area contributed by atoms with Crippen LogP contribution in [0.3, 0.4) is 0 Å². The van der Waals surface area contributed by atoms with Gasteiger partial charge in [0.2, 0.25) is 0 Å². The van der Waals surface area contributed by atoms with Gasteiger partial charge in [0.1, 0.15) is 0 Å². The van der Waals surface area contributed by atoms with Gasteiger partial charge in [-0.2, -0.15) is 101 Å². The molecule has 0 heterocycles. The fourth-order valence-electron chi connectivity index (χ4n) is 2.09. The number of carbonyl (C=O) groups is 1. The predicted octanol–water partition coefficient (Wildman–Crippen LogP) is 7.98. The van der Waals surface area contributed by atoms with Crippen molar-refractivity contribution in [1.29, 1.82) is 0 Å². The first kappa shape index (κ1) is 37.6. The molecule has 1 unspecified atom stereocenters. The molecule has 0 aliphatic heterocycles. The molecule has 40 heavy (non-hydrogen) atoms. The van der Waals surface area contributed by atoms with Crippen LogP contribution in [0.1, 0.15) is 6.92 Å². The fourth-order valence-corrected chi connectivity index (χ4v) is 2.09. The Balaban J connectivity index is 7.75. The molecular weight excluding hydrogens is 649 g/mol. The van der Waals surface area contributed by atoms with Gasteiger partial charge in [-0.15, -0.1) is 0 Å². The van der Waals surface area contributed by atoms with Crippen LogP contribution in [0.2, 0.25) is 0 Å². The number of hydrogen-bond donors (Lipinski definition) is 0. The maximum Gasteiger partial charge on any atom is 0.460 e. The molecule has 0 aliphatic rings. The third-order valence-electron chi connectivity index (χ3n) is 4.47. The van der Waals surface area contributed by atoms with Crippen LogP contribution in [0.5, 0.6) is 0 Å². The number of carbonyl (C=O) groups excluding carboxylic acids is 1. The molecular formula is C15H5F23O2. The molecule has 0 aromatic rings. The molecule has 25 heteroatoms. The van der Waals surface area contributed by atoms with Gasteiger partial charge in [0.25, 0.3) is 0 Å². The van der Waals surface area contributed by atoms with Crippen LogP contribution in [0.4, 0.5) is 101 Å². The zero-order valence-corrected chi connectivity index (χ0v) is 17.7. The summed E-state index contributed by atoms with van der Waals surface area (Å²) in [5.74, 6) is -84.6. The van der Waals surface area contributed by atoms with Gasteiger partial charge in [-0.05, 0) is 6.92 Å². The van der Waals surface area contributed by atoms with E-state index in [2.05, 4.69) is 11.3 Å². The lowest BCUT2D eigenvalue weighted by atomic mass is 9.85. The normalized spacial score (nSPS) is 17.4. The van der Waals surface area contributed by atoms with Crippen molar-refractivity contribution in [2.45, 2.75) is 72.5 Å². The Hall–Kier alpha value is -2.40. The van der Waals surface area contributed by atoms with Crippen LogP contribution in [0, 0.1) is 0 Å². The van der Waals surface area contributed by atoms with Gasteiger partial charge in [0, 0.05) is 5.57 Å². The Morgan fingerprint density at radius 2 is 0.625 bits per heavy atom. The molecule has 0 N–H and O–H groups in total. The van der Waals surface area contributed by atoms with E-state index < -0.39 is 77.1 Å². The third-order valence-corrected chi connectivity index (χ3v) is 4.47. The van der Waals surface area contributed by atoms with Gasteiger partial charge in [-0.25, -0.2) is 4.79 Å². The second-order valence-electron chi connectivity index (χ2n) is 7.36. The molecule has 0 radical (unpaired) electrons. The Kier molecular flexibility index (Phi) is 8.75. The molecule has 0 spiro atoms. The number of halogens is 23. The standard InChI is InChI=1S/C15H5F23O2/c1-3(2)4(39)40-13(32,10(26,27)12(30,31)15(36,37)38)9(24,25)7(20,21)5(16,17)6(18,19)8(22,23)11(28,29)14(33,34)35/h1H2,2H3. The number of hydrogen-bond acceptors (Lipinski definition) is 2. The SMILES string of the molecule is C=C(C)C(=O)OC(F)(C(F)(F)C(F)(F)C(F)(F)F)C(F)(F)C(F)(F)C(F)(F)C(F)(F)C(F)(F)C(F)(F)C(F)(F)F. The van der Waals surface area contributed by atoms with Gasteiger partial charge >= 0.3 is 71.6 Å². The molecule has 0 fully saturated rings. The minimum absolute atomic E-state index is 0.0540. The molecule has 0 amide bonds. The molecule has 0 saturated carbocycles. The highest BCUT2D eigenvalue weighted by Gasteiger charge is 2.99. The topological polar surface area (TPSA) is 26.3 Å². The van der Waals surface area contributed by atoms with E-state index in [9.17, 15) is 106 Å². The van der Waals surface area contributed by atoms with Crippen molar-refractivity contribution >= 4 is 5.97 Å². The summed E-state index contributed by atoms with van der Waals surface area (Å²) < 4.78 is 306. The van der Waals surface area contributed by atoms with Crippen LogP contribution in [0.15, 0.2) is 12.2 Å². The number of rotatable bonds is 10. The molecule has 0 rings (SSSR count). The molecule has 1 atom stereocenters. The van der Waals surface area contributed by atoms with Crippen LogP contribution in [0.25, 0.3) is 0 Å². The molecule has 0 aromatic carbocycles. The lowest BCUT2D eigenvalue weighted by Crippen LogP contribution is -2.79. The quantitative estimate of drug-likeness (QED) is 0.136. The van der Waals surface area contributed by atoms with Crippen LogP contribution < -0.4 is 0 Å². The molecule has 238 valence electrons.